The largest absolute Gasteiger partial charge is 0.338 e. The van der Waals surface area contributed by atoms with E-state index in [2.05, 4.69) is 32.4 Å². The Kier molecular flexibility index (Phi) is 3.60. The lowest BCUT2D eigenvalue weighted by atomic mass is 10.2. The minimum Gasteiger partial charge on any atom is -0.338 e. The van der Waals surface area contributed by atoms with E-state index < -0.39 is 0 Å². The fourth-order valence-electron chi connectivity index (χ4n) is 1.66. The number of aromatic nitrogens is 2. The first-order chi connectivity index (χ1) is 8.52. The summed E-state index contributed by atoms with van der Waals surface area (Å²) in [6.45, 7) is 1.80. The Morgan fingerprint density at radius 1 is 1.50 bits per heavy atom. The van der Waals surface area contributed by atoms with E-state index in [9.17, 15) is 0 Å². The zero-order valence-corrected chi connectivity index (χ0v) is 12.2. The topological polar surface area (TPSA) is 53.6 Å². The predicted octanol–water partition coefficient (Wildman–Crippen LogP) is 3.76. The molecular formula is C12H10BrClN4. The van der Waals surface area contributed by atoms with Gasteiger partial charge in [0.05, 0.1) is 11.4 Å². The lowest BCUT2D eigenvalue weighted by molar-refractivity contribution is 0.765. The first kappa shape index (κ1) is 12.9. The number of rotatable bonds is 2. The molecule has 6 heteroatoms. The molecule has 2 rings (SSSR count). The SMILES string of the molecule is Cc1nn(C)c(Nc2cc(Cl)ccc2Br)c1C#N. The monoisotopic (exact) mass is 324 g/mol. The summed E-state index contributed by atoms with van der Waals surface area (Å²) < 4.78 is 2.51. The molecule has 1 aromatic heterocycles. The number of hydrogen-bond donors (Lipinski definition) is 1. The van der Waals surface area contributed by atoms with Gasteiger partial charge in [0.1, 0.15) is 17.5 Å². The Labute approximate surface area is 118 Å². The van der Waals surface area contributed by atoms with Crippen molar-refractivity contribution in [2.24, 2.45) is 7.05 Å². The Balaban J connectivity index is 2.46. The van der Waals surface area contributed by atoms with E-state index in [1.165, 1.54) is 0 Å². The van der Waals surface area contributed by atoms with Gasteiger partial charge >= 0.3 is 0 Å². The zero-order valence-electron chi connectivity index (χ0n) is 9.83. The van der Waals surface area contributed by atoms with Crippen molar-refractivity contribution in [1.29, 1.82) is 5.26 Å². The highest BCUT2D eigenvalue weighted by atomic mass is 79.9. The number of nitrogens with one attached hydrogen (secondary N) is 1. The average molecular weight is 326 g/mol. The van der Waals surface area contributed by atoms with Crippen LogP contribution in [-0.2, 0) is 7.05 Å². The summed E-state index contributed by atoms with van der Waals surface area (Å²) in [5, 5.41) is 17.1. The summed E-state index contributed by atoms with van der Waals surface area (Å²) in [5.41, 5.74) is 2.02. The summed E-state index contributed by atoms with van der Waals surface area (Å²) in [6, 6.07) is 7.57. The van der Waals surface area contributed by atoms with Crippen molar-refractivity contribution >= 4 is 39.0 Å². The van der Waals surface area contributed by atoms with E-state index in [0.29, 0.717) is 22.1 Å². The number of halogens is 2. The molecule has 1 N–H and O–H groups in total. The quantitative estimate of drug-likeness (QED) is 0.914. The van der Waals surface area contributed by atoms with Gasteiger partial charge in [-0.25, -0.2) is 0 Å². The molecule has 0 aliphatic rings. The minimum atomic E-state index is 0.532. The van der Waals surface area contributed by atoms with Gasteiger partial charge in [-0.2, -0.15) is 10.4 Å². The van der Waals surface area contributed by atoms with Crippen molar-refractivity contribution in [3.8, 4) is 6.07 Å². The number of anilines is 2. The van der Waals surface area contributed by atoms with Gasteiger partial charge in [0.25, 0.3) is 0 Å². The smallest absolute Gasteiger partial charge is 0.146 e. The lowest BCUT2D eigenvalue weighted by Crippen LogP contribution is -2.01. The van der Waals surface area contributed by atoms with Crippen LogP contribution in [0.4, 0.5) is 11.5 Å². The molecule has 2 aromatic rings. The minimum absolute atomic E-state index is 0.532. The molecule has 0 atom stereocenters. The number of nitrogens with zero attached hydrogens (tertiary/aromatic N) is 3. The van der Waals surface area contributed by atoms with Gasteiger partial charge in [-0.05, 0) is 41.1 Å². The van der Waals surface area contributed by atoms with E-state index in [1.807, 2.05) is 6.07 Å². The standard InChI is InChI=1S/C12H10BrClN4/c1-7-9(6-15)12(18(2)17-7)16-11-5-8(14)3-4-10(11)13/h3-5,16H,1-2H3. The van der Waals surface area contributed by atoms with E-state index in [0.717, 1.165) is 10.2 Å². The Bertz CT molecular complexity index is 642. The maximum absolute atomic E-state index is 9.13. The highest BCUT2D eigenvalue weighted by Gasteiger charge is 2.14. The molecule has 0 aliphatic heterocycles. The number of hydrogen-bond acceptors (Lipinski definition) is 3. The van der Waals surface area contributed by atoms with Crippen molar-refractivity contribution in [3.63, 3.8) is 0 Å². The molecule has 92 valence electrons. The van der Waals surface area contributed by atoms with Crippen LogP contribution in [0.15, 0.2) is 22.7 Å². The molecule has 0 unspecified atom stereocenters. The Morgan fingerprint density at radius 3 is 2.89 bits per heavy atom. The number of benzene rings is 1. The fourth-order valence-corrected chi connectivity index (χ4v) is 2.17. The van der Waals surface area contributed by atoms with Crippen LogP contribution in [0.2, 0.25) is 5.02 Å². The summed E-state index contributed by atoms with van der Waals surface area (Å²) in [5.74, 6) is 0.651. The second-order valence-electron chi connectivity index (χ2n) is 3.79. The van der Waals surface area contributed by atoms with Crippen LogP contribution in [0.25, 0.3) is 0 Å². The maximum atomic E-state index is 9.13. The van der Waals surface area contributed by atoms with Crippen molar-refractivity contribution in [3.05, 3.63) is 39.0 Å². The van der Waals surface area contributed by atoms with Crippen LogP contribution < -0.4 is 5.32 Å². The molecule has 4 nitrogen and oxygen atoms in total. The highest BCUT2D eigenvalue weighted by Crippen LogP contribution is 2.30. The van der Waals surface area contributed by atoms with Gasteiger partial charge in [0, 0.05) is 16.5 Å². The molecule has 1 aromatic carbocycles. The third kappa shape index (κ3) is 2.35. The van der Waals surface area contributed by atoms with E-state index in [4.69, 9.17) is 16.9 Å². The van der Waals surface area contributed by atoms with Crippen LogP contribution in [0, 0.1) is 18.3 Å². The molecule has 0 bridgehead atoms. The third-order valence-electron chi connectivity index (χ3n) is 2.52. The molecule has 0 aliphatic carbocycles. The van der Waals surface area contributed by atoms with E-state index in [1.54, 1.807) is 30.8 Å². The molecule has 0 spiro atoms. The molecule has 0 saturated carbocycles. The first-order valence-electron chi connectivity index (χ1n) is 5.18. The molecular weight excluding hydrogens is 316 g/mol. The summed E-state index contributed by atoms with van der Waals surface area (Å²) in [7, 11) is 1.79. The summed E-state index contributed by atoms with van der Waals surface area (Å²) in [4.78, 5) is 0. The lowest BCUT2D eigenvalue weighted by Gasteiger charge is -2.09. The normalized spacial score (nSPS) is 10.2. The van der Waals surface area contributed by atoms with Gasteiger partial charge in [-0.3, -0.25) is 4.68 Å². The molecule has 1 heterocycles. The van der Waals surface area contributed by atoms with Gasteiger partial charge in [-0.15, -0.1) is 0 Å². The van der Waals surface area contributed by atoms with Crippen LogP contribution >= 0.6 is 27.5 Å². The van der Waals surface area contributed by atoms with Gasteiger partial charge in [-0.1, -0.05) is 11.6 Å². The average Bonchev–Trinajstić information content (AvgIpc) is 2.58. The predicted molar refractivity (Wildman–Crippen MR) is 75.1 cm³/mol. The molecule has 0 saturated heterocycles. The second kappa shape index (κ2) is 5.01. The van der Waals surface area contributed by atoms with Gasteiger partial charge in [0.15, 0.2) is 0 Å². The highest BCUT2D eigenvalue weighted by molar-refractivity contribution is 9.10. The molecule has 0 fully saturated rings. The third-order valence-corrected chi connectivity index (χ3v) is 3.44. The van der Waals surface area contributed by atoms with Gasteiger partial charge in [0.2, 0.25) is 0 Å². The number of nitriles is 1. The van der Waals surface area contributed by atoms with E-state index in [-0.39, 0.29) is 0 Å². The molecule has 0 amide bonds. The Morgan fingerprint density at radius 2 is 2.22 bits per heavy atom. The van der Waals surface area contributed by atoms with Crippen LogP contribution in [0.5, 0.6) is 0 Å². The molecule has 0 radical (unpaired) electrons. The van der Waals surface area contributed by atoms with E-state index >= 15 is 0 Å². The maximum Gasteiger partial charge on any atom is 0.146 e. The Hall–Kier alpha value is -1.51. The summed E-state index contributed by atoms with van der Waals surface area (Å²) in [6.07, 6.45) is 0. The van der Waals surface area contributed by atoms with Crippen molar-refractivity contribution in [2.75, 3.05) is 5.32 Å². The van der Waals surface area contributed by atoms with Crippen molar-refractivity contribution in [1.82, 2.24) is 9.78 Å². The zero-order chi connectivity index (χ0) is 13.3. The fraction of sp³-hybridized carbons (Fsp3) is 0.167. The first-order valence-corrected chi connectivity index (χ1v) is 6.35. The van der Waals surface area contributed by atoms with Crippen molar-refractivity contribution in [2.45, 2.75) is 6.92 Å². The van der Waals surface area contributed by atoms with Gasteiger partial charge < -0.3 is 5.32 Å². The second-order valence-corrected chi connectivity index (χ2v) is 5.08. The van der Waals surface area contributed by atoms with Crippen LogP contribution in [0.3, 0.4) is 0 Å². The van der Waals surface area contributed by atoms with Crippen LogP contribution in [-0.4, -0.2) is 9.78 Å². The molecule has 18 heavy (non-hydrogen) atoms. The van der Waals surface area contributed by atoms with Crippen molar-refractivity contribution < 1.29 is 0 Å². The number of aryl methyl sites for hydroxylation is 2. The summed E-state index contributed by atoms with van der Waals surface area (Å²) >= 11 is 9.39. The van der Waals surface area contributed by atoms with Crippen LogP contribution in [0.1, 0.15) is 11.3 Å².